The van der Waals surface area contributed by atoms with Gasteiger partial charge in [0.25, 0.3) is 0 Å². The van der Waals surface area contributed by atoms with E-state index in [0.717, 1.165) is 12.8 Å². The number of carboxylic acids is 1. The molecule has 1 atom stereocenters. The Labute approximate surface area is 117 Å². The summed E-state index contributed by atoms with van der Waals surface area (Å²) in [4.78, 5) is 24.7. The van der Waals surface area contributed by atoms with Crippen LogP contribution in [0.4, 0.5) is 0 Å². The Morgan fingerprint density at radius 3 is 2.65 bits per heavy atom. The first-order chi connectivity index (χ1) is 9.47. The molecule has 3 N–H and O–H groups in total. The van der Waals surface area contributed by atoms with Gasteiger partial charge in [0.2, 0.25) is 5.91 Å². The zero-order valence-electron chi connectivity index (χ0n) is 11.5. The number of likely N-dealkylation sites (tertiary alicyclic amines) is 1. The number of rotatable bonds is 4. The monoisotopic (exact) mass is 280 g/mol. The molecule has 1 saturated heterocycles. The highest BCUT2D eigenvalue weighted by molar-refractivity contribution is 5.83. The van der Waals surface area contributed by atoms with Crippen molar-refractivity contribution in [1.29, 1.82) is 0 Å². The minimum atomic E-state index is -0.776. The normalized spacial score (nSPS) is 18.0. The first-order valence-electron chi connectivity index (χ1n) is 6.72. The smallest absolute Gasteiger partial charge is 0.303 e. The van der Waals surface area contributed by atoms with E-state index in [2.05, 4.69) is 5.10 Å². The number of aryl methyl sites for hydroxylation is 1. The second-order valence-electron chi connectivity index (χ2n) is 5.29. The number of carboxylic acid groups (broad SMARTS) is 1. The third kappa shape index (κ3) is 3.36. The molecule has 20 heavy (non-hydrogen) atoms. The fraction of sp³-hybridized carbons (Fsp3) is 0.615. The van der Waals surface area contributed by atoms with Crippen molar-refractivity contribution in [2.24, 2.45) is 18.7 Å². The van der Waals surface area contributed by atoms with Gasteiger partial charge in [-0.3, -0.25) is 14.3 Å². The first kappa shape index (κ1) is 14.5. The van der Waals surface area contributed by atoms with Gasteiger partial charge >= 0.3 is 5.97 Å². The second kappa shape index (κ2) is 6.04. The van der Waals surface area contributed by atoms with E-state index < -0.39 is 12.0 Å². The van der Waals surface area contributed by atoms with E-state index in [1.807, 2.05) is 0 Å². The maximum absolute atomic E-state index is 12.3. The maximum atomic E-state index is 12.3. The third-order valence-electron chi connectivity index (χ3n) is 3.74. The lowest BCUT2D eigenvalue weighted by molar-refractivity contribution is -0.138. The van der Waals surface area contributed by atoms with Crippen LogP contribution in [-0.4, -0.2) is 44.8 Å². The molecular formula is C13H20N4O3. The number of aliphatic carboxylic acids is 1. The zero-order valence-corrected chi connectivity index (χ0v) is 11.5. The first-order valence-corrected chi connectivity index (χ1v) is 6.72. The Morgan fingerprint density at radius 2 is 2.15 bits per heavy atom. The summed E-state index contributed by atoms with van der Waals surface area (Å²) in [5.74, 6) is -0.736. The topological polar surface area (TPSA) is 101 Å². The molecule has 0 saturated carbocycles. The van der Waals surface area contributed by atoms with Crippen LogP contribution in [0.15, 0.2) is 12.4 Å². The van der Waals surface area contributed by atoms with Gasteiger partial charge in [0.15, 0.2) is 0 Å². The van der Waals surface area contributed by atoms with Crippen molar-refractivity contribution >= 4 is 11.9 Å². The van der Waals surface area contributed by atoms with E-state index in [9.17, 15) is 9.59 Å². The summed E-state index contributed by atoms with van der Waals surface area (Å²) in [7, 11) is 1.78. The summed E-state index contributed by atoms with van der Waals surface area (Å²) in [5.41, 5.74) is 6.66. The molecule has 0 radical (unpaired) electrons. The Balaban J connectivity index is 1.90. The molecule has 0 aliphatic carbocycles. The highest BCUT2D eigenvalue weighted by Crippen LogP contribution is 2.22. The number of aromatic nitrogens is 2. The van der Waals surface area contributed by atoms with Gasteiger partial charge in [-0.05, 0) is 18.8 Å². The lowest BCUT2D eigenvalue weighted by atomic mass is 9.93. The van der Waals surface area contributed by atoms with Crippen LogP contribution < -0.4 is 5.73 Å². The number of hydrogen-bond acceptors (Lipinski definition) is 4. The Kier molecular flexibility index (Phi) is 4.39. The lowest BCUT2D eigenvalue weighted by Crippen LogP contribution is -2.43. The van der Waals surface area contributed by atoms with Gasteiger partial charge in [-0.2, -0.15) is 5.10 Å². The van der Waals surface area contributed by atoms with Gasteiger partial charge in [-0.25, -0.2) is 0 Å². The van der Waals surface area contributed by atoms with Crippen LogP contribution >= 0.6 is 0 Å². The van der Waals surface area contributed by atoms with Gasteiger partial charge in [0.1, 0.15) is 6.04 Å². The number of amides is 1. The molecule has 7 nitrogen and oxygen atoms in total. The highest BCUT2D eigenvalue weighted by atomic mass is 16.4. The number of carbonyl (C=O) groups is 2. The van der Waals surface area contributed by atoms with Gasteiger partial charge in [0.05, 0.1) is 6.20 Å². The lowest BCUT2D eigenvalue weighted by Gasteiger charge is -2.32. The molecule has 2 rings (SSSR count). The van der Waals surface area contributed by atoms with Crippen molar-refractivity contribution in [3.63, 3.8) is 0 Å². The van der Waals surface area contributed by atoms with Crippen molar-refractivity contribution in [1.82, 2.24) is 14.7 Å². The summed E-state index contributed by atoms with van der Waals surface area (Å²) >= 11 is 0. The SMILES string of the molecule is Cn1cc(C(N)C(=O)N2CCC(CC(=O)O)CC2)cn1. The molecule has 7 heteroatoms. The molecule has 1 aliphatic rings. The Morgan fingerprint density at radius 1 is 1.50 bits per heavy atom. The maximum Gasteiger partial charge on any atom is 0.303 e. The summed E-state index contributed by atoms with van der Waals surface area (Å²) < 4.78 is 1.61. The van der Waals surface area contributed by atoms with E-state index in [4.69, 9.17) is 10.8 Å². The molecule has 1 fully saturated rings. The molecule has 0 aromatic carbocycles. The van der Waals surface area contributed by atoms with Crippen LogP contribution in [0.1, 0.15) is 30.9 Å². The number of carbonyl (C=O) groups excluding carboxylic acids is 1. The molecule has 1 aliphatic heterocycles. The van der Waals surface area contributed by atoms with Crippen molar-refractivity contribution in [3.8, 4) is 0 Å². The van der Waals surface area contributed by atoms with E-state index in [0.29, 0.717) is 18.7 Å². The van der Waals surface area contributed by atoms with Gasteiger partial charge in [-0.1, -0.05) is 0 Å². The zero-order chi connectivity index (χ0) is 14.7. The fourth-order valence-corrected chi connectivity index (χ4v) is 2.54. The molecule has 2 heterocycles. The van der Waals surface area contributed by atoms with Crippen molar-refractivity contribution < 1.29 is 14.7 Å². The van der Waals surface area contributed by atoms with E-state index >= 15 is 0 Å². The van der Waals surface area contributed by atoms with Crippen LogP contribution in [0.25, 0.3) is 0 Å². The Bertz CT molecular complexity index is 492. The third-order valence-corrected chi connectivity index (χ3v) is 3.74. The molecule has 1 aromatic heterocycles. The molecule has 110 valence electrons. The minimum Gasteiger partial charge on any atom is -0.481 e. The molecular weight excluding hydrogens is 260 g/mol. The molecule has 0 bridgehead atoms. The Hall–Kier alpha value is -1.89. The number of nitrogens with two attached hydrogens (primary N) is 1. The van der Waals surface area contributed by atoms with Crippen molar-refractivity contribution in [2.75, 3.05) is 13.1 Å². The van der Waals surface area contributed by atoms with Gasteiger partial charge in [-0.15, -0.1) is 0 Å². The van der Waals surface area contributed by atoms with E-state index in [-0.39, 0.29) is 18.2 Å². The quantitative estimate of drug-likeness (QED) is 0.816. The van der Waals surface area contributed by atoms with Crippen LogP contribution in [0.2, 0.25) is 0 Å². The van der Waals surface area contributed by atoms with Crippen LogP contribution in [0, 0.1) is 5.92 Å². The van der Waals surface area contributed by atoms with Crippen molar-refractivity contribution in [3.05, 3.63) is 18.0 Å². The number of hydrogen-bond donors (Lipinski definition) is 2. The second-order valence-corrected chi connectivity index (χ2v) is 5.29. The van der Waals surface area contributed by atoms with E-state index in [1.165, 1.54) is 0 Å². The number of piperidine rings is 1. The molecule has 1 unspecified atom stereocenters. The number of nitrogens with zero attached hydrogens (tertiary/aromatic N) is 3. The minimum absolute atomic E-state index is 0.119. The predicted octanol–water partition coefficient (Wildman–Crippen LogP) is 0.133. The summed E-state index contributed by atoms with van der Waals surface area (Å²) in [6.45, 7) is 1.15. The average molecular weight is 280 g/mol. The summed E-state index contributed by atoms with van der Waals surface area (Å²) in [6, 6.07) is -0.695. The van der Waals surface area contributed by atoms with Crippen LogP contribution in [-0.2, 0) is 16.6 Å². The largest absolute Gasteiger partial charge is 0.481 e. The van der Waals surface area contributed by atoms with E-state index in [1.54, 1.807) is 29.0 Å². The standard InChI is InChI=1S/C13H20N4O3/c1-16-8-10(7-15-16)12(14)13(20)17-4-2-9(3-5-17)6-11(18)19/h7-9,12H,2-6,14H2,1H3,(H,18,19). The highest BCUT2D eigenvalue weighted by Gasteiger charge is 2.28. The van der Waals surface area contributed by atoms with Gasteiger partial charge < -0.3 is 15.7 Å². The summed E-state index contributed by atoms with van der Waals surface area (Å²) in [6.07, 6.45) is 4.95. The molecule has 1 aromatic rings. The van der Waals surface area contributed by atoms with Crippen LogP contribution in [0.5, 0.6) is 0 Å². The molecule has 0 spiro atoms. The van der Waals surface area contributed by atoms with Crippen LogP contribution in [0.3, 0.4) is 0 Å². The van der Waals surface area contributed by atoms with Crippen molar-refractivity contribution in [2.45, 2.75) is 25.3 Å². The molecule has 1 amide bonds. The predicted molar refractivity (Wildman–Crippen MR) is 71.7 cm³/mol. The summed E-state index contributed by atoms with van der Waals surface area (Å²) in [5, 5.41) is 12.8. The fourth-order valence-electron chi connectivity index (χ4n) is 2.54. The van der Waals surface area contributed by atoms with Gasteiger partial charge in [0, 0.05) is 38.3 Å². The average Bonchev–Trinajstić information content (AvgIpc) is 2.84.